The van der Waals surface area contributed by atoms with Crippen molar-refractivity contribution in [2.45, 2.75) is 91.0 Å². The molecular weight excluding hydrogens is 488 g/mol. The Morgan fingerprint density at radius 1 is 1.16 bits per heavy atom. The van der Waals surface area contributed by atoms with Crippen LogP contribution in [0.2, 0.25) is 0 Å². The van der Waals surface area contributed by atoms with E-state index < -0.39 is 21.3 Å². The average Bonchev–Trinajstić information content (AvgIpc) is 3.63. The fourth-order valence-electron chi connectivity index (χ4n) is 4.61. The summed E-state index contributed by atoms with van der Waals surface area (Å²) in [7, 11) is -1.26. The van der Waals surface area contributed by atoms with Crippen LogP contribution in [0.15, 0.2) is 27.4 Å². The van der Waals surface area contributed by atoms with Gasteiger partial charge in [-0.2, -0.15) is 0 Å². The lowest BCUT2D eigenvalue weighted by Crippen LogP contribution is -2.39. The van der Waals surface area contributed by atoms with Crippen LogP contribution in [0.5, 0.6) is 0 Å². The highest BCUT2D eigenvalue weighted by molar-refractivity contribution is 7.84. The second-order valence-electron chi connectivity index (χ2n) is 12.3. The number of hydrogen-bond acceptors (Lipinski definition) is 5. The standard InChI is InChI=1S/C29H40N2O5S/c1-17-15-21(23(19-9-10-19)30-37(34)29(6,7)8)26-22(16-17)24(32)18(2)25(35-26)20-11-13-31(14-12-20)27(33)36-28(3,4)5/h11,15-16,19,23,30H,9-10,12-14H2,1-8H3/t23?,37-/m0/s1. The third-order valence-corrected chi connectivity index (χ3v) is 8.34. The second-order valence-corrected chi connectivity index (χ2v) is 14.3. The van der Waals surface area contributed by atoms with Crippen molar-refractivity contribution in [3.63, 3.8) is 0 Å². The van der Waals surface area contributed by atoms with Crippen LogP contribution in [0.4, 0.5) is 4.79 Å². The van der Waals surface area contributed by atoms with Gasteiger partial charge >= 0.3 is 6.09 Å². The highest BCUT2D eigenvalue weighted by Crippen LogP contribution is 2.44. The van der Waals surface area contributed by atoms with Gasteiger partial charge in [0.2, 0.25) is 0 Å². The van der Waals surface area contributed by atoms with Crippen molar-refractivity contribution in [1.29, 1.82) is 0 Å². The molecule has 1 aromatic heterocycles. The molecule has 2 heterocycles. The van der Waals surface area contributed by atoms with E-state index in [0.717, 1.165) is 29.5 Å². The molecule has 1 aromatic carbocycles. The Balaban J connectivity index is 1.75. The van der Waals surface area contributed by atoms with Gasteiger partial charge in [0.1, 0.15) is 16.9 Å². The number of benzene rings is 1. The summed E-state index contributed by atoms with van der Waals surface area (Å²) in [6, 6.07) is 3.77. The Bertz CT molecular complexity index is 1330. The molecule has 0 radical (unpaired) electrons. The van der Waals surface area contributed by atoms with E-state index in [1.165, 1.54) is 0 Å². The van der Waals surface area contributed by atoms with Crippen molar-refractivity contribution in [2.24, 2.45) is 5.92 Å². The first-order valence-electron chi connectivity index (χ1n) is 13.1. The topological polar surface area (TPSA) is 88.8 Å². The summed E-state index contributed by atoms with van der Waals surface area (Å²) in [5.74, 6) is 0.917. The van der Waals surface area contributed by atoms with Crippen LogP contribution in [-0.2, 0) is 15.7 Å². The fraction of sp³-hybridized carbons (Fsp3) is 0.586. The third kappa shape index (κ3) is 6.17. The highest BCUT2D eigenvalue weighted by Gasteiger charge is 2.37. The highest BCUT2D eigenvalue weighted by atomic mass is 32.2. The van der Waals surface area contributed by atoms with Crippen molar-refractivity contribution in [3.05, 3.63) is 50.9 Å². The van der Waals surface area contributed by atoms with Crippen LogP contribution in [0.25, 0.3) is 16.5 Å². The molecule has 0 bridgehead atoms. The monoisotopic (exact) mass is 528 g/mol. The molecule has 202 valence electrons. The zero-order valence-corrected chi connectivity index (χ0v) is 24.1. The summed E-state index contributed by atoms with van der Waals surface area (Å²) in [6.45, 7) is 16.1. The molecule has 4 rings (SSSR count). The number of carbonyl (C=O) groups is 1. The number of hydrogen-bond donors (Lipinski definition) is 1. The second kappa shape index (κ2) is 10.0. The van der Waals surface area contributed by atoms with E-state index in [9.17, 15) is 13.8 Å². The molecule has 1 fully saturated rings. The molecule has 1 aliphatic carbocycles. The summed E-state index contributed by atoms with van der Waals surface area (Å²) in [4.78, 5) is 27.7. The predicted octanol–water partition coefficient (Wildman–Crippen LogP) is 5.94. The van der Waals surface area contributed by atoms with Crippen LogP contribution in [0, 0.1) is 19.8 Å². The zero-order chi connectivity index (χ0) is 27.3. The van der Waals surface area contributed by atoms with Crippen LogP contribution in [0.3, 0.4) is 0 Å². The molecule has 1 unspecified atom stereocenters. The van der Waals surface area contributed by atoms with Crippen LogP contribution in [-0.4, -0.2) is 38.6 Å². The van der Waals surface area contributed by atoms with Crippen molar-refractivity contribution >= 4 is 33.6 Å². The molecule has 0 spiro atoms. The van der Waals surface area contributed by atoms with E-state index >= 15 is 0 Å². The van der Waals surface area contributed by atoms with E-state index in [1.54, 1.807) is 11.8 Å². The zero-order valence-electron chi connectivity index (χ0n) is 23.3. The number of aryl methyl sites for hydroxylation is 1. The van der Waals surface area contributed by atoms with E-state index in [2.05, 4.69) is 10.8 Å². The van der Waals surface area contributed by atoms with E-state index in [4.69, 9.17) is 9.15 Å². The number of carbonyl (C=O) groups excluding carboxylic acids is 1. The van der Waals surface area contributed by atoms with Crippen LogP contribution in [0.1, 0.15) is 89.3 Å². The maximum absolute atomic E-state index is 13.6. The molecule has 37 heavy (non-hydrogen) atoms. The van der Waals surface area contributed by atoms with Gasteiger partial charge in [0, 0.05) is 24.2 Å². The molecule has 8 heteroatoms. The fourth-order valence-corrected chi connectivity index (χ4v) is 5.51. The Hall–Kier alpha value is -2.45. The molecule has 1 aliphatic heterocycles. The summed E-state index contributed by atoms with van der Waals surface area (Å²) >= 11 is 0. The van der Waals surface area contributed by atoms with E-state index in [-0.39, 0.29) is 17.6 Å². The smallest absolute Gasteiger partial charge is 0.410 e. The van der Waals surface area contributed by atoms with Gasteiger partial charge in [-0.25, -0.2) is 13.7 Å². The van der Waals surface area contributed by atoms with Gasteiger partial charge in [0.05, 0.1) is 27.2 Å². The number of nitrogens with zero attached hydrogens (tertiary/aromatic N) is 1. The van der Waals surface area contributed by atoms with Crippen LogP contribution < -0.4 is 10.2 Å². The van der Waals surface area contributed by atoms with E-state index in [0.29, 0.717) is 47.7 Å². The average molecular weight is 529 g/mol. The molecule has 1 saturated carbocycles. The van der Waals surface area contributed by atoms with Crippen molar-refractivity contribution in [1.82, 2.24) is 9.62 Å². The minimum Gasteiger partial charge on any atom is -0.456 e. The molecule has 1 N–H and O–H groups in total. The Morgan fingerprint density at radius 3 is 2.38 bits per heavy atom. The molecule has 2 aliphatic rings. The normalized spacial score (nSPS) is 18.5. The number of rotatable bonds is 5. The number of ether oxygens (including phenoxy) is 1. The maximum Gasteiger partial charge on any atom is 0.410 e. The quantitative estimate of drug-likeness (QED) is 0.519. The van der Waals surface area contributed by atoms with Crippen molar-refractivity contribution in [3.8, 4) is 0 Å². The Labute approximate surface area is 222 Å². The first-order chi connectivity index (χ1) is 17.2. The lowest BCUT2D eigenvalue weighted by molar-refractivity contribution is 0.0270. The first kappa shape index (κ1) is 27.6. The van der Waals surface area contributed by atoms with E-state index in [1.807, 2.05) is 60.6 Å². The lowest BCUT2D eigenvalue weighted by Gasteiger charge is -2.29. The number of nitrogens with one attached hydrogen (secondary N) is 1. The first-order valence-corrected chi connectivity index (χ1v) is 14.2. The van der Waals surface area contributed by atoms with Gasteiger partial charge in [-0.3, -0.25) is 4.79 Å². The molecule has 0 saturated heterocycles. The molecule has 2 aromatic rings. The van der Waals surface area contributed by atoms with Crippen molar-refractivity contribution < 1.29 is 18.2 Å². The SMILES string of the molecule is Cc1cc(C(N[S@@](=O)C(C)(C)C)C2CC2)c2oc(C3=CCN(C(=O)OC(C)(C)C)CC3)c(C)c(=O)c2c1. The van der Waals surface area contributed by atoms with Gasteiger partial charge in [0.25, 0.3) is 0 Å². The predicted molar refractivity (Wildman–Crippen MR) is 149 cm³/mol. The van der Waals surface area contributed by atoms with Gasteiger partial charge in [-0.1, -0.05) is 12.1 Å². The summed E-state index contributed by atoms with van der Waals surface area (Å²) < 4.78 is 28.1. The van der Waals surface area contributed by atoms with Gasteiger partial charge < -0.3 is 14.1 Å². The molecule has 1 amide bonds. The number of fused-ring (bicyclic) bond motifs is 1. The molecular formula is C29H40N2O5S. The Morgan fingerprint density at radius 2 is 1.84 bits per heavy atom. The molecule has 7 nitrogen and oxygen atoms in total. The summed E-state index contributed by atoms with van der Waals surface area (Å²) in [6.07, 6.45) is 4.26. The lowest BCUT2D eigenvalue weighted by atomic mass is 9.95. The Kier molecular flexibility index (Phi) is 7.47. The maximum atomic E-state index is 13.6. The summed E-state index contributed by atoms with van der Waals surface area (Å²) in [5.41, 5.74) is 3.29. The van der Waals surface area contributed by atoms with Gasteiger partial charge in [-0.15, -0.1) is 0 Å². The minimum absolute atomic E-state index is 0.0526. The molecule has 2 atom stereocenters. The summed E-state index contributed by atoms with van der Waals surface area (Å²) in [5, 5.41) is 0.553. The number of amides is 1. The minimum atomic E-state index is -1.26. The third-order valence-electron chi connectivity index (χ3n) is 6.76. The van der Waals surface area contributed by atoms with Crippen LogP contribution >= 0.6 is 0 Å². The van der Waals surface area contributed by atoms with Crippen molar-refractivity contribution in [2.75, 3.05) is 13.1 Å². The largest absolute Gasteiger partial charge is 0.456 e. The van der Waals surface area contributed by atoms with Gasteiger partial charge in [-0.05, 0) is 97.8 Å². The van der Waals surface area contributed by atoms with Gasteiger partial charge in [0.15, 0.2) is 5.43 Å².